The van der Waals surface area contributed by atoms with Gasteiger partial charge in [-0.15, -0.1) is 0 Å². The van der Waals surface area contributed by atoms with E-state index in [9.17, 15) is 0 Å². The van der Waals surface area contributed by atoms with Crippen LogP contribution in [0.3, 0.4) is 0 Å². The lowest BCUT2D eigenvalue weighted by Crippen LogP contribution is -2.27. The van der Waals surface area contributed by atoms with Crippen LogP contribution in [0.4, 0.5) is 0 Å². The molecule has 0 heterocycles. The quantitative estimate of drug-likeness (QED) is 0.636. The molecule has 0 spiro atoms. The van der Waals surface area contributed by atoms with Crippen LogP contribution in [0.5, 0.6) is 0 Å². The molecule has 0 aliphatic heterocycles. The Morgan fingerprint density at radius 3 is 2.64 bits per heavy atom. The summed E-state index contributed by atoms with van der Waals surface area (Å²) in [6.07, 6.45) is -0.0452. The zero-order chi connectivity index (χ0) is 8.27. The van der Waals surface area contributed by atoms with Crippen molar-refractivity contribution in [3.63, 3.8) is 0 Å². The minimum Gasteiger partial charge on any atom is -0.312 e. The molecular weight excluding hydrogens is 136 g/mol. The lowest BCUT2D eigenvalue weighted by Gasteiger charge is -2.19. The Hall–Kier alpha value is -0.860. The maximum atomic E-state index is 5.83. The average Bonchev–Trinajstić information content (AvgIpc) is 2.05. The molecule has 0 saturated heterocycles. The Labute approximate surface area is 67.6 Å². The van der Waals surface area contributed by atoms with Crippen LogP contribution in [0, 0.1) is 6.07 Å². The Bertz CT molecular complexity index is 206. The summed E-state index contributed by atoms with van der Waals surface area (Å²) in [5.74, 6) is 0. The Morgan fingerprint density at radius 1 is 1.45 bits per heavy atom. The second kappa shape index (κ2) is 3.51. The van der Waals surface area contributed by atoms with E-state index in [0.717, 1.165) is 5.56 Å². The molecule has 1 rings (SSSR count). The van der Waals surface area contributed by atoms with Crippen molar-refractivity contribution >= 4 is 0 Å². The van der Waals surface area contributed by atoms with Gasteiger partial charge in [0.05, 0.1) is 6.17 Å². The first-order valence-electron chi connectivity index (χ1n) is 3.60. The highest BCUT2D eigenvalue weighted by molar-refractivity contribution is 5.15. The summed E-state index contributed by atoms with van der Waals surface area (Å²) in [6.45, 7) is 0. The molecule has 1 aromatic carbocycles. The maximum absolute atomic E-state index is 5.83. The van der Waals surface area contributed by atoms with E-state index in [1.54, 1.807) is 0 Å². The molecule has 11 heavy (non-hydrogen) atoms. The first-order valence-corrected chi connectivity index (χ1v) is 3.60. The Balaban J connectivity index is 2.77. The predicted octanol–water partition coefficient (Wildman–Crippen LogP) is 1.01. The Kier molecular flexibility index (Phi) is 2.63. The molecule has 1 aromatic rings. The van der Waals surface area contributed by atoms with E-state index in [1.807, 2.05) is 43.3 Å². The average molecular weight is 149 g/mol. The van der Waals surface area contributed by atoms with Gasteiger partial charge in [-0.25, -0.2) is 0 Å². The summed E-state index contributed by atoms with van der Waals surface area (Å²) in [5.41, 5.74) is 6.86. The fourth-order valence-electron chi connectivity index (χ4n) is 0.869. The van der Waals surface area contributed by atoms with Crippen LogP contribution < -0.4 is 5.73 Å². The molecule has 2 nitrogen and oxygen atoms in total. The van der Waals surface area contributed by atoms with Gasteiger partial charge in [0.25, 0.3) is 0 Å². The summed E-state index contributed by atoms with van der Waals surface area (Å²) in [5, 5.41) is 0. The third-order valence-electron chi connectivity index (χ3n) is 1.61. The molecule has 1 atom stereocenters. The molecule has 0 fully saturated rings. The highest BCUT2D eigenvalue weighted by Gasteiger charge is 2.05. The summed E-state index contributed by atoms with van der Waals surface area (Å²) in [7, 11) is 3.90. The van der Waals surface area contributed by atoms with E-state index < -0.39 is 0 Å². The first-order chi connectivity index (χ1) is 5.22. The van der Waals surface area contributed by atoms with Crippen molar-refractivity contribution < 1.29 is 0 Å². The predicted molar refractivity (Wildman–Crippen MR) is 45.9 cm³/mol. The van der Waals surface area contributed by atoms with E-state index >= 15 is 0 Å². The van der Waals surface area contributed by atoms with Gasteiger partial charge in [-0.3, -0.25) is 4.90 Å². The zero-order valence-electron chi connectivity index (χ0n) is 6.91. The van der Waals surface area contributed by atoms with Gasteiger partial charge in [0.15, 0.2) is 0 Å². The van der Waals surface area contributed by atoms with Gasteiger partial charge in [0.2, 0.25) is 0 Å². The van der Waals surface area contributed by atoms with Gasteiger partial charge in [-0.2, -0.15) is 0 Å². The summed E-state index contributed by atoms with van der Waals surface area (Å²) < 4.78 is 0. The van der Waals surface area contributed by atoms with Crippen molar-refractivity contribution in [2.24, 2.45) is 5.73 Å². The molecule has 0 saturated carbocycles. The number of hydrogen-bond donors (Lipinski definition) is 1. The topological polar surface area (TPSA) is 29.3 Å². The maximum Gasteiger partial charge on any atom is 0.0836 e. The molecule has 1 radical (unpaired) electrons. The van der Waals surface area contributed by atoms with Crippen LogP contribution in [-0.4, -0.2) is 19.0 Å². The minimum absolute atomic E-state index is 0.0452. The van der Waals surface area contributed by atoms with Crippen molar-refractivity contribution in [3.8, 4) is 0 Å². The minimum atomic E-state index is -0.0452. The molecule has 0 aromatic heterocycles. The van der Waals surface area contributed by atoms with Gasteiger partial charge in [0.1, 0.15) is 0 Å². The molecule has 0 amide bonds. The molecule has 2 N–H and O–H groups in total. The molecule has 0 aliphatic carbocycles. The van der Waals surface area contributed by atoms with Crippen LogP contribution >= 0.6 is 0 Å². The van der Waals surface area contributed by atoms with Gasteiger partial charge in [0, 0.05) is 0 Å². The van der Waals surface area contributed by atoms with Crippen LogP contribution in [0.1, 0.15) is 11.7 Å². The van der Waals surface area contributed by atoms with Crippen LogP contribution in [0.25, 0.3) is 0 Å². The van der Waals surface area contributed by atoms with E-state index in [4.69, 9.17) is 5.73 Å². The summed E-state index contributed by atoms with van der Waals surface area (Å²) in [4.78, 5) is 1.95. The van der Waals surface area contributed by atoms with Crippen LogP contribution in [-0.2, 0) is 0 Å². The molecule has 0 bridgehead atoms. The van der Waals surface area contributed by atoms with E-state index in [-0.39, 0.29) is 6.17 Å². The third-order valence-corrected chi connectivity index (χ3v) is 1.61. The largest absolute Gasteiger partial charge is 0.312 e. The fourth-order valence-corrected chi connectivity index (χ4v) is 0.869. The number of hydrogen-bond acceptors (Lipinski definition) is 2. The van der Waals surface area contributed by atoms with Crippen LogP contribution in [0.2, 0.25) is 0 Å². The Morgan fingerprint density at radius 2 is 2.18 bits per heavy atom. The van der Waals surface area contributed by atoms with Crippen molar-refractivity contribution in [1.29, 1.82) is 0 Å². The fraction of sp³-hybridized carbons (Fsp3) is 0.333. The number of benzene rings is 1. The van der Waals surface area contributed by atoms with Gasteiger partial charge in [-0.1, -0.05) is 24.3 Å². The number of rotatable bonds is 2. The molecule has 59 valence electrons. The second-order valence-electron chi connectivity index (χ2n) is 2.73. The summed E-state index contributed by atoms with van der Waals surface area (Å²) in [6, 6.07) is 10.8. The van der Waals surface area contributed by atoms with Crippen molar-refractivity contribution in [1.82, 2.24) is 4.90 Å². The lowest BCUT2D eigenvalue weighted by atomic mass is 10.2. The van der Waals surface area contributed by atoms with Crippen molar-refractivity contribution in [2.45, 2.75) is 6.17 Å². The van der Waals surface area contributed by atoms with E-state index in [0.29, 0.717) is 0 Å². The zero-order valence-corrected chi connectivity index (χ0v) is 6.91. The van der Waals surface area contributed by atoms with Crippen molar-refractivity contribution in [2.75, 3.05) is 14.1 Å². The standard InChI is InChI=1S/C9H13N2/c1-11(2)9(10)8-6-4-3-5-7-8/h3-6,9H,10H2,1-2H3. The monoisotopic (exact) mass is 149 g/mol. The summed E-state index contributed by atoms with van der Waals surface area (Å²) >= 11 is 0. The molecule has 0 aliphatic rings. The normalized spacial score (nSPS) is 13.5. The molecule has 2 heteroatoms. The first kappa shape index (κ1) is 8.24. The molecule has 1 unspecified atom stereocenters. The van der Waals surface area contributed by atoms with E-state index in [2.05, 4.69) is 6.07 Å². The smallest absolute Gasteiger partial charge is 0.0836 e. The second-order valence-corrected chi connectivity index (χ2v) is 2.73. The SMILES string of the molecule is CN(C)C(N)c1[c]cccc1. The van der Waals surface area contributed by atoms with Crippen LogP contribution in [0.15, 0.2) is 24.3 Å². The number of nitrogens with zero attached hydrogens (tertiary/aromatic N) is 1. The van der Waals surface area contributed by atoms with Crippen molar-refractivity contribution in [3.05, 3.63) is 35.9 Å². The van der Waals surface area contributed by atoms with Gasteiger partial charge in [-0.05, 0) is 25.7 Å². The lowest BCUT2D eigenvalue weighted by molar-refractivity contribution is 0.307. The van der Waals surface area contributed by atoms with Gasteiger partial charge >= 0.3 is 0 Å². The highest BCUT2D eigenvalue weighted by atomic mass is 15.2. The van der Waals surface area contributed by atoms with E-state index in [1.165, 1.54) is 0 Å². The molecular formula is C9H13N2. The highest BCUT2D eigenvalue weighted by Crippen LogP contribution is 2.09. The third kappa shape index (κ3) is 2.03. The number of nitrogens with two attached hydrogens (primary N) is 1. The van der Waals surface area contributed by atoms with Gasteiger partial charge < -0.3 is 5.73 Å².